The minimum absolute atomic E-state index is 0.0263. The standard InChI is InChI=1S/C32H46N4O5S2.CH2O2/c1-23-9-12-27(42-23)30(39)36-19-20-41-32(22-36)13-17-35(18-14-32)16-8-6-4-2-3-5-7-15-33-21-26(38)24-10-11-25(37)28-29(24)43-31(40)34-28;2-1-3/h9-12,26,33,37-38H,2-8,13-22H2,1H3,(H,34,40);1H,(H,2,3). The summed E-state index contributed by atoms with van der Waals surface area (Å²) in [6.45, 7) is 8.33. The van der Waals surface area contributed by atoms with Crippen molar-refractivity contribution in [3.05, 3.63) is 49.3 Å². The molecule has 46 heavy (non-hydrogen) atoms. The molecule has 1 amide bonds. The Kier molecular flexibility index (Phi) is 14.0. The van der Waals surface area contributed by atoms with Crippen LogP contribution in [0.2, 0.25) is 0 Å². The molecule has 2 aliphatic rings. The van der Waals surface area contributed by atoms with E-state index in [1.54, 1.807) is 17.4 Å². The van der Waals surface area contributed by atoms with Crippen molar-refractivity contribution >= 4 is 45.3 Å². The van der Waals surface area contributed by atoms with Gasteiger partial charge in [-0.25, -0.2) is 0 Å². The Balaban J connectivity index is 0.00000154. The number of aromatic nitrogens is 1. The zero-order chi connectivity index (χ0) is 32.9. The molecular formula is C33H48N4O7S2. The fourth-order valence-corrected chi connectivity index (χ4v) is 8.08. The van der Waals surface area contributed by atoms with E-state index in [2.05, 4.69) is 15.2 Å². The number of fused-ring (bicyclic) bond motifs is 1. The number of aliphatic hydroxyl groups is 1. The highest BCUT2D eigenvalue weighted by Crippen LogP contribution is 2.32. The maximum absolute atomic E-state index is 13.0. The Labute approximate surface area is 278 Å². The number of amides is 1. The van der Waals surface area contributed by atoms with Crippen molar-refractivity contribution in [3.8, 4) is 5.75 Å². The number of phenols is 1. The summed E-state index contributed by atoms with van der Waals surface area (Å²) in [5.74, 6) is 0.182. The van der Waals surface area contributed by atoms with Gasteiger partial charge >= 0.3 is 4.87 Å². The molecule has 254 valence electrons. The molecule has 2 aromatic heterocycles. The SMILES string of the molecule is Cc1ccc(C(=O)N2CCOC3(CCN(CCCCCCCCCNCC(O)c4ccc(O)c5[nH]c(=O)sc45)CC3)C2)s1.O=CO. The second kappa shape index (κ2) is 17.9. The summed E-state index contributed by atoms with van der Waals surface area (Å²) < 4.78 is 6.90. The van der Waals surface area contributed by atoms with Gasteiger partial charge in [-0.15, -0.1) is 11.3 Å². The summed E-state index contributed by atoms with van der Waals surface area (Å²) in [6, 6.07) is 7.18. The van der Waals surface area contributed by atoms with Crippen LogP contribution in [0.15, 0.2) is 29.1 Å². The molecule has 3 aromatic rings. The number of thiazole rings is 1. The third-order valence-electron chi connectivity index (χ3n) is 8.87. The van der Waals surface area contributed by atoms with Crippen LogP contribution in [0.3, 0.4) is 0 Å². The zero-order valence-corrected chi connectivity index (χ0v) is 28.3. The molecule has 2 aliphatic heterocycles. The summed E-state index contributed by atoms with van der Waals surface area (Å²) in [7, 11) is 0. The van der Waals surface area contributed by atoms with E-state index in [0.717, 1.165) is 61.7 Å². The number of aromatic amines is 1. The number of hydrogen-bond acceptors (Lipinski definition) is 10. The van der Waals surface area contributed by atoms with Crippen molar-refractivity contribution in [2.75, 3.05) is 52.4 Å². The van der Waals surface area contributed by atoms with Crippen LogP contribution >= 0.6 is 22.7 Å². The third kappa shape index (κ3) is 10.1. The van der Waals surface area contributed by atoms with Gasteiger partial charge in [-0.1, -0.05) is 49.5 Å². The van der Waals surface area contributed by atoms with Crippen molar-refractivity contribution < 1.29 is 29.6 Å². The van der Waals surface area contributed by atoms with Crippen LogP contribution < -0.4 is 10.2 Å². The van der Waals surface area contributed by atoms with E-state index in [4.69, 9.17) is 14.6 Å². The largest absolute Gasteiger partial charge is 0.506 e. The molecule has 11 nitrogen and oxygen atoms in total. The number of ether oxygens (including phenoxy) is 1. The summed E-state index contributed by atoms with van der Waals surface area (Å²) in [4.78, 5) is 42.0. The first-order valence-corrected chi connectivity index (χ1v) is 17.9. The van der Waals surface area contributed by atoms with Gasteiger partial charge in [-0.2, -0.15) is 0 Å². The number of aliphatic hydroxyl groups excluding tert-OH is 1. The average Bonchev–Trinajstić information content (AvgIpc) is 3.66. The summed E-state index contributed by atoms with van der Waals surface area (Å²) >= 11 is 2.60. The molecule has 0 radical (unpaired) electrons. The highest BCUT2D eigenvalue weighted by atomic mass is 32.1. The van der Waals surface area contributed by atoms with Gasteiger partial charge in [0.2, 0.25) is 0 Å². The summed E-state index contributed by atoms with van der Waals surface area (Å²) in [5, 5.41) is 30.7. The lowest BCUT2D eigenvalue weighted by Gasteiger charge is -2.47. The van der Waals surface area contributed by atoms with E-state index < -0.39 is 6.10 Å². The molecule has 0 bridgehead atoms. The van der Waals surface area contributed by atoms with Crippen molar-refractivity contribution in [1.82, 2.24) is 20.1 Å². The van der Waals surface area contributed by atoms with Gasteiger partial charge in [0.1, 0.15) is 11.3 Å². The van der Waals surface area contributed by atoms with Crippen LogP contribution in [0, 0.1) is 6.92 Å². The molecule has 0 saturated carbocycles. The van der Waals surface area contributed by atoms with E-state index in [9.17, 15) is 19.8 Å². The summed E-state index contributed by atoms with van der Waals surface area (Å²) in [5.41, 5.74) is 0.889. The lowest BCUT2D eigenvalue weighted by Crippen LogP contribution is -2.58. The Morgan fingerprint density at radius 3 is 2.46 bits per heavy atom. The fourth-order valence-electron chi connectivity index (χ4n) is 6.33. The van der Waals surface area contributed by atoms with Gasteiger partial charge in [0.05, 0.1) is 34.4 Å². The topological polar surface area (TPSA) is 155 Å². The molecule has 4 heterocycles. The maximum Gasteiger partial charge on any atom is 0.305 e. The van der Waals surface area contributed by atoms with Gasteiger partial charge in [-0.3, -0.25) is 14.4 Å². The number of nitrogens with one attached hydrogen (secondary N) is 2. The molecule has 1 atom stereocenters. The number of rotatable bonds is 14. The number of aryl methyl sites for hydroxylation is 1. The van der Waals surface area contributed by atoms with Crippen LogP contribution in [-0.4, -0.2) is 101 Å². The average molecular weight is 677 g/mol. The molecule has 5 N–H and O–H groups in total. The molecule has 2 saturated heterocycles. The molecule has 1 spiro atoms. The highest BCUT2D eigenvalue weighted by Gasteiger charge is 2.41. The van der Waals surface area contributed by atoms with Crippen LogP contribution in [0.4, 0.5) is 0 Å². The Bertz CT molecular complexity index is 1450. The second-order valence-electron chi connectivity index (χ2n) is 12.2. The van der Waals surface area contributed by atoms with Gasteiger partial charge in [0.25, 0.3) is 12.4 Å². The van der Waals surface area contributed by atoms with Crippen LogP contribution in [0.1, 0.15) is 84.0 Å². The number of phenolic OH excluding ortho intramolecular Hbond substituents is 1. The number of aromatic hydroxyl groups is 1. The maximum atomic E-state index is 13.0. The number of nitrogens with zero attached hydrogens (tertiary/aromatic N) is 2. The minimum atomic E-state index is -0.727. The zero-order valence-electron chi connectivity index (χ0n) is 26.7. The molecule has 1 unspecified atom stereocenters. The van der Waals surface area contributed by atoms with E-state index in [1.807, 2.05) is 24.0 Å². The Morgan fingerprint density at radius 1 is 1.07 bits per heavy atom. The van der Waals surface area contributed by atoms with Gasteiger partial charge in [-0.05, 0) is 63.9 Å². The normalized spacial score (nSPS) is 17.1. The van der Waals surface area contributed by atoms with E-state index >= 15 is 0 Å². The van der Waals surface area contributed by atoms with Gasteiger partial charge in [0.15, 0.2) is 0 Å². The number of likely N-dealkylation sites (tertiary alicyclic amines) is 1. The van der Waals surface area contributed by atoms with Crippen molar-refractivity contribution in [2.45, 2.75) is 76.4 Å². The molecule has 5 rings (SSSR count). The second-order valence-corrected chi connectivity index (χ2v) is 14.5. The summed E-state index contributed by atoms with van der Waals surface area (Å²) in [6.07, 6.45) is 9.76. The lowest BCUT2D eigenvalue weighted by molar-refractivity contribution is -0.127. The molecule has 13 heteroatoms. The Morgan fingerprint density at radius 2 is 1.76 bits per heavy atom. The minimum Gasteiger partial charge on any atom is -0.506 e. The van der Waals surface area contributed by atoms with Crippen LogP contribution in [-0.2, 0) is 9.53 Å². The number of H-pyrrole nitrogens is 1. The fraction of sp³-hybridized carbons (Fsp3) is 0.606. The monoisotopic (exact) mass is 676 g/mol. The van der Waals surface area contributed by atoms with E-state index in [1.165, 1.54) is 49.5 Å². The number of thiophene rings is 1. The third-order valence-corrected chi connectivity index (χ3v) is 10.8. The Hall–Kier alpha value is -2.81. The van der Waals surface area contributed by atoms with Crippen molar-refractivity contribution in [1.29, 1.82) is 0 Å². The van der Waals surface area contributed by atoms with Gasteiger partial charge < -0.3 is 40.2 Å². The van der Waals surface area contributed by atoms with Crippen molar-refractivity contribution in [3.63, 3.8) is 0 Å². The van der Waals surface area contributed by atoms with Crippen LogP contribution in [0.5, 0.6) is 5.75 Å². The smallest absolute Gasteiger partial charge is 0.305 e. The highest BCUT2D eigenvalue weighted by molar-refractivity contribution is 7.16. The number of carbonyl (C=O) groups is 2. The van der Waals surface area contributed by atoms with E-state index in [0.29, 0.717) is 42.0 Å². The van der Waals surface area contributed by atoms with Crippen molar-refractivity contribution in [2.24, 2.45) is 0 Å². The predicted molar refractivity (Wildman–Crippen MR) is 182 cm³/mol. The quantitative estimate of drug-likeness (QED) is 0.120. The first-order valence-electron chi connectivity index (χ1n) is 16.3. The predicted octanol–water partition coefficient (Wildman–Crippen LogP) is 4.73. The number of hydrogen-bond donors (Lipinski definition) is 5. The first-order chi connectivity index (χ1) is 22.2. The molecule has 2 fully saturated rings. The lowest BCUT2D eigenvalue weighted by atomic mass is 9.89. The van der Waals surface area contributed by atoms with Gasteiger partial charge in [0, 0.05) is 36.6 Å². The molecular weight excluding hydrogens is 629 g/mol. The first kappa shape index (κ1) is 36.0. The van der Waals surface area contributed by atoms with Crippen LogP contribution in [0.25, 0.3) is 10.2 Å². The number of benzene rings is 1. The number of morpholine rings is 1. The number of carboxylic acid groups (broad SMARTS) is 1. The van der Waals surface area contributed by atoms with E-state index in [-0.39, 0.29) is 28.6 Å². The molecule has 1 aromatic carbocycles. The number of unbranched alkanes of at least 4 members (excludes halogenated alkanes) is 6. The number of piperidine rings is 1. The number of carbonyl (C=O) groups excluding carboxylic acids is 1. The molecule has 0 aliphatic carbocycles.